The van der Waals surface area contributed by atoms with Crippen molar-refractivity contribution in [2.24, 2.45) is 0 Å². The Morgan fingerprint density at radius 1 is 1.27 bits per heavy atom. The average Bonchev–Trinajstić information content (AvgIpc) is 2.20. The molecule has 1 aromatic carbocycles. The molecule has 0 radical (unpaired) electrons. The quantitative estimate of drug-likeness (QED) is 0.448. The van der Waals surface area contributed by atoms with E-state index in [9.17, 15) is 0 Å². The molecule has 15 heavy (non-hydrogen) atoms. The van der Waals surface area contributed by atoms with E-state index < -0.39 is 0 Å². The van der Waals surface area contributed by atoms with E-state index in [2.05, 4.69) is 0 Å². The van der Waals surface area contributed by atoms with Gasteiger partial charge in [-0.15, -0.1) is 0 Å². The van der Waals surface area contributed by atoms with Crippen LogP contribution in [0.3, 0.4) is 0 Å². The highest BCUT2D eigenvalue weighted by molar-refractivity contribution is 6.38. The van der Waals surface area contributed by atoms with E-state index in [1.54, 1.807) is 0 Å². The molecular formula is C11H17N3O. The average molecular weight is 207 g/mol. The first-order chi connectivity index (χ1) is 7.07. The van der Waals surface area contributed by atoms with E-state index in [4.69, 9.17) is 21.7 Å². The predicted octanol–water partition coefficient (Wildman–Crippen LogP) is 1.70. The van der Waals surface area contributed by atoms with Crippen LogP contribution in [-0.2, 0) is 0 Å². The number of hydrogen-bond acceptors (Lipinski definition) is 4. The van der Waals surface area contributed by atoms with Crippen molar-refractivity contribution in [2.45, 2.75) is 13.3 Å². The molecule has 0 bridgehead atoms. The van der Waals surface area contributed by atoms with Crippen LogP contribution in [0.1, 0.15) is 13.3 Å². The molecule has 0 aromatic heterocycles. The maximum atomic E-state index is 8.25. The summed E-state index contributed by atoms with van der Waals surface area (Å²) in [5, 5.41) is 22.1. The number of para-hydroxylation sites is 1. The molecule has 0 aliphatic carbocycles. The lowest BCUT2D eigenvalue weighted by Gasteiger charge is -1.94. The number of nitrogen functional groups attached to an aromatic ring is 1. The zero-order valence-corrected chi connectivity index (χ0v) is 8.83. The van der Waals surface area contributed by atoms with E-state index in [0.29, 0.717) is 6.42 Å². The molecule has 0 aliphatic heterocycles. The van der Waals surface area contributed by atoms with Crippen LogP contribution in [0.2, 0.25) is 0 Å². The van der Waals surface area contributed by atoms with E-state index in [0.717, 1.165) is 5.69 Å². The molecule has 82 valence electrons. The van der Waals surface area contributed by atoms with Crippen molar-refractivity contribution in [3.8, 4) is 0 Å². The molecule has 0 amide bonds. The number of rotatable bonds is 3. The molecule has 1 rings (SSSR count). The van der Waals surface area contributed by atoms with Crippen molar-refractivity contribution in [1.29, 1.82) is 10.8 Å². The van der Waals surface area contributed by atoms with Crippen LogP contribution < -0.4 is 5.73 Å². The lowest BCUT2D eigenvalue weighted by molar-refractivity contribution is 0.307. The summed E-state index contributed by atoms with van der Waals surface area (Å²) in [4.78, 5) is 0. The van der Waals surface area contributed by atoms with E-state index >= 15 is 0 Å². The SMILES string of the molecule is CC(=N)C(=N)CCO.Nc1ccccc1. The molecule has 0 heterocycles. The van der Waals surface area contributed by atoms with Gasteiger partial charge in [-0.05, 0) is 19.1 Å². The topological polar surface area (TPSA) is 94.0 Å². The number of anilines is 1. The molecule has 1 aromatic rings. The minimum atomic E-state index is -0.0327. The summed E-state index contributed by atoms with van der Waals surface area (Å²) in [7, 11) is 0. The Labute approximate surface area is 89.8 Å². The summed E-state index contributed by atoms with van der Waals surface area (Å²) in [6, 6.07) is 9.49. The molecule has 0 aliphatic rings. The standard InChI is InChI=1S/C6H7N.C5H10N2O/c7-6-4-2-1-3-5-6;1-4(6)5(7)2-3-8/h1-5H,7H2;6-8H,2-3H2,1H3. The van der Waals surface area contributed by atoms with Crippen molar-refractivity contribution >= 4 is 17.1 Å². The number of hydrogen-bond donors (Lipinski definition) is 4. The van der Waals surface area contributed by atoms with Crippen LogP contribution in [0.4, 0.5) is 5.69 Å². The number of nitrogens with two attached hydrogens (primary N) is 1. The van der Waals surface area contributed by atoms with Gasteiger partial charge in [0.15, 0.2) is 0 Å². The van der Waals surface area contributed by atoms with Gasteiger partial charge in [-0.2, -0.15) is 0 Å². The molecule has 4 nitrogen and oxygen atoms in total. The summed E-state index contributed by atoms with van der Waals surface area (Å²) >= 11 is 0. The third-order valence-corrected chi connectivity index (χ3v) is 1.61. The molecule has 0 atom stereocenters. The van der Waals surface area contributed by atoms with Gasteiger partial charge in [0.25, 0.3) is 0 Å². The lowest BCUT2D eigenvalue weighted by Crippen LogP contribution is -2.08. The second-order valence-corrected chi connectivity index (χ2v) is 2.99. The van der Waals surface area contributed by atoms with Crippen molar-refractivity contribution < 1.29 is 5.11 Å². The summed E-state index contributed by atoms with van der Waals surface area (Å²) < 4.78 is 0. The highest BCUT2D eigenvalue weighted by Gasteiger charge is 1.95. The zero-order valence-electron chi connectivity index (χ0n) is 8.83. The summed E-state index contributed by atoms with van der Waals surface area (Å²) in [5.74, 6) is 0. The number of benzene rings is 1. The molecule has 0 unspecified atom stereocenters. The maximum absolute atomic E-state index is 8.25. The Morgan fingerprint density at radius 3 is 2.00 bits per heavy atom. The fourth-order valence-corrected chi connectivity index (χ4v) is 0.752. The first-order valence-electron chi connectivity index (χ1n) is 4.62. The Balaban J connectivity index is 0.000000262. The smallest absolute Gasteiger partial charge is 0.0541 e. The molecule has 0 saturated carbocycles. The van der Waals surface area contributed by atoms with Gasteiger partial charge in [-0.1, -0.05) is 18.2 Å². The van der Waals surface area contributed by atoms with Crippen LogP contribution in [0.5, 0.6) is 0 Å². The Hall–Kier alpha value is -1.68. The van der Waals surface area contributed by atoms with Gasteiger partial charge in [-0.25, -0.2) is 0 Å². The van der Waals surface area contributed by atoms with E-state index in [1.165, 1.54) is 6.92 Å². The van der Waals surface area contributed by atoms with Crippen molar-refractivity contribution in [2.75, 3.05) is 12.3 Å². The third kappa shape index (κ3) is 7.40. The predicted molar refractivity (Wildman–Crippen MR) is 63.7 cm³/mol. The van der Waals surface area contributed by atoms with Gasteiger partial charge in [0.05, 0.1) is 5.71 Å². The summed E-state index contributed by atoms with van der Waals surface area (Å²) in [5.41, 5.74) is 6.63. The van der Waals surface area contributed by atoms with E-state index in [1.807, 2.05) is 30.3 Å². The van der Waals surface area contributed by atoms with Gasteiger partial charge in [0.1, 0.15) is 0 Å². The van der Waals surface area contributed by atoms with Crippen LogP contribution in [0.15, 0.2) is 30.3 Å². The lowest BCUT2D eigenvalue weighted by atomic mass is 10.2. The Morgan fingerprint density at radius 2 is 1.80 bits per heavy atom. The highest BCUT2D eigenvalue weighted by Crippen LogP contribution is 1.95. The Kier molecular flexibility index (Phi) is 6.84. The van der Waals surface area contributed by atoms with Crippen LogP contribution in [-0.4, -0.2) is 23.1 Å². The van der Waals surface area contributed by atoms with Crippen molar-refractivity contribution in [3.05, 3.63) is 30.3 Å². The Bertz CT molecular complexity index is 309. The second-order valence-electron chi connectivity index (χ2n) is 2.99. The van der Waals surface area contributed by atoms with Crippen LogP contribution in [0.25, 0.3) is 0 Å². The highest BCUT2D eigenvalue weighted by atomic mass is 16.3. The van der Waals surface area contributed by atoms with Gasteiger partial charge in [-0.3, -0.25) is 0 Å². The zero-order chi connectivity index (χ0) is 11.7. The molecule has 0 saturated heterocycles. The third-order valence-electron chi connectivity index (χ3n) is 1.61. The van der Waals surface area contributed by atoms with Crippen molar-refractivity contribution in [1.82, 2.24) is 0 Å². The van der Waals surface area contributed by atoms with Gasteiger partial charge in [0.2, 0.25) is 0 Å². The van der Waals surface area contributed by atoms with Gasteiger partial charge < -0.3 is 21.7 Å². The summed E-state index contributed by atoms with van der Waals surface area (Å²) in [6.07, 6.45) is 0.301. The molecule has 4 heteroatoms. The maximum Gasteiger partial charge on any atom is 0.0541 e. The number of aliphatic hydroxyl groups excluding tert-OH is 1. The largest absolute Gasteiger partial charge is 0.399 e. The van der Waals surface area contributed by atoms with Crippen molar-refractivity contribution in [3.63, 3.8) is 0 Å². The fraction of sp³-hybridized carbons (Fsp3) is 0.273. The van der Waals surface area contributed by atoms with Crippen LogP contribution >= 0.6 is 0 Å². The molecular weight excluding hydrogens is 190 g/mol. The number of nitrogens with one attached hydrogen (secondary N) is 2. The van der Waals surface area contributed by atoms with Gasteiger partial charge >= 0.3 is 0 Å². The number of aliphatic hydroxyl groups is 1. The normalized spacial score (nSPS) is 8.67. The van der Waals surface area contributed by atoms with Crippen LogP contribution in [0, 0.1) is 10.8 Å². The van der Waals surface area contributed by atoms with Gasteiger partial charge in [0, 0.05) is 24.4 Å². The first-order valence-corrected chi connectivity index (χ1v) is 4.62. The fourth-order valence-electron chi connectivity index (χ4n) is 0.752. The first kappa shape index (κ1) is 13.3. The monoisotopic (exact) mass is 207 g/mol. The molecule has 0 fully saturated rings. The van der Waals surface area contributed by atoms with E-state index in [-0.39, 0.29) is 18.0 Å². The molecule has 0 spiro atoms. The molecule has 5 N–H and O–H groups in total. The minimum absolute atomic E-state index is 0.0327. The summed E-state index contributed by atoms with van der Waals surface area (Å²) in [6.45, 7) is 1.51. The minimum Gasteiger partial charge on any atom is -0.399 e. The second kappa shape index (κ2) is 7.70.